The zero-order valence-corrected chi connectivity index (χ0v) is 51.9. The monoisotopic (exact) mass is 1210 g/mol. The van der Waals surface area contributed by atoms with Crippen LogP contribution >= 0.6 is 22.7 Å². The second kappa shape index (κ2) is 28.6. The van der Waals surface area contributed by atoms with E-state index in [4.69, 9.17) is 9.47 Å². The van der Waals surface area contributed by atoms with Gasteiger partial charge in [-0.15, -0.1) is 46.9 Å². The average molecular weight is 1210 g/mol. The second-order valence-corrected chi connectivity index (χ2v) is 23.0. The van der Waals surface area contributed by atoms with E-state index in [9.17, 15) is 10.2 Å². The quantitative estimate of drug-likeness (QED) is 0.0413. The third-order valence-electron chi connectivity index (χ3n) is 13.4. The SMILES string of the molecule is CC(C)c1cc(C(C)C)c(-c2csc(-c3ccccc3[OH+]CCCC[OH+]c3ccccc3-c3scc(-c4c(C(C)C)cc(C(C)C)cc4C(C)C)c3O)c2O)c(C(C)C)c1.[CH2-]c1ccccc1.[CH2-]c1ccccc1.[Hf]. The fourth-order valence-electron chi connectivity index (χ4n) is 9.16. The van der Waals surface area contributed by atoms with Crippen molar-refractivity contribution in [2.75, 3.05) is 13.2 Å². The Balaban J connectivity index is 0.000000598. The summed E-state index contributed by atoms with van der Waals surface area (Å²) in [6, 6.07) is 45.5. The van der Waals surface area contributed by atoms with Gasteiger partial charge in [0.15, 0.2) is 13.2 Å². The number of aliphatic hydroxyl groups is 2. The van der Waals surface area contributed by atoms with Gasteiger partial charge in [0.05, 0.1) is 20.9 Å². The smallest absolute Gasteiger partial charge is 0.263 e. The Morgan fingerprint density at radius 3 is 0.960 bits per heavy atom. The van der Waals surface area contributed by atoms with Crippen molar-refractivity contribution in [3.05, 3.63) is 203 Å². The molecule has 0 spiro atoms. The van der Waals surface area contributed by atoms with Gasteiger partial charge < -0.3 is 19.7 Å². The van der Waals surface area contributed by atoms with E-state index >= 15 is 0 Å². The number of hydrogen-bond acceptors (Lipinski definition) is 4. The molecule has 8 aromatic rings. The molecule has 0 aliphatic carbocycles. The Labute approximate surface area is 478 Å². The summed E-state index contributed by atoms with van der Waals surface area (Å²) in [7, 11) is 0. The van der Waals surface area contributed by atoms with E-state index in [1.54, 1.807) is 22.7 Å². The van der Waals surface area contributed by atoms with Crippen LogP contribution in [0.5, 0.6) is 23.0 Å². The van der Waals surface area contributed by atoms with Crippen molar-refractivity contribution < 1.29 is 45.5 Å². The molecule has 0 aliphatic rings. The number of benzene rings is 6. The minimum atomic E-state index is 0. The summed E-state index contributed by atoms with van der Waals surface area (Å²) in [4.78, 5) is 1.73. The van der Waals surface area contributed by atoms with E-state index < -0.39 is 0 Å². The van der Waals surface area contributed by atoms with Crippen LogP contribution in [0.4, 0.5) is 0 Å². The number of aromatic hydroxyl groups is 4. The molecule has 7 heteroatoms. The van der Waals surface area contributed by atoms with Crippen LogP contribution < -0.4 is 0 Å². The third kappa shape index (κ3) is 15.6. The Hall–Kier alpha value is -5.47. The van der Waals surface area contributed by atoms with E-state index in [0.29, 0.717) is 60.2 Å². The summed E-state index contributed by atoms with van der Waals surface area (Å²) < 4.78 is 10.1. The van der Waals surface area contributed by atoms with Crippen molar-refractivity contribution in [2.24, 2.45) is 0 Å². The molecule has 0 saturated heterocycles. The number of unbranched alkanes of at least 4 members (excludes halogenated alkanes) is 1. The summed E-state index contributed by atoms with van der Waals surface area (Å²) in [5.74, 6) is 4.65. The van der Waals surface area contributed by atoms with E-state index in [-0.39, 0.29) is 25.8 Å². The molecule has 0 saturated carbocycles. The molecular weight excluding hydrogens is 1120 g/mol. The molecule has 0 radical (unpaired) electrons. The van der Waals surface area contributed by atoms with Gasteiger partial charge in [-0.1, -0.05) is 144 Å². The van der Waals surface area contributed by atoms with Crippen LogP contribution in [0.25, 0.3) is 43.1 Å². The van der Waals surface area contributed by atoms with Crippen LogP contribution in [-0.2, 0) is 25.8 Å². The molecule has 8 rings (SSSR count). The first-order valence-electron chi connectivity index (χ1n) is 26.6. The Kier molecular flexibility index (Phi) is 23.0. The molecule has 4 nitrogen and oxygen atoms in total. The number of para-hydroxylation sites is 2. The summed E-state index contributed by atoms with van der Waals surface area (Å²) in [5, 5.41) is 28.1. The largest absolute Gasteiger partial charge is 0.582 e. The van der Waals surface area contributed by atoms with Crippen molar-refractivity contribution in [1.29, 1.82) is 0 Å². The molecule has 2 aromatic heterocycles. The van der Waals surface area contributed by atoms with Crippen LogP contribution in [0.3, 0.4) is 0 Å². The number of rotatable bonds is 17. The minimum absolute atomic E-state index is 0. The molecule has 4 N–H and O–H groups in total. The Bertz CT molecular complexity index is 2750. The van der Waals surface area contributed by atoms with Crippen LogP contribution in [0, 0.1) is 13.8 Å². The maximum Gasteiger partial charge on any atom is 0.263 e. The Morgan fingerprint density at radius 1 is 0.400 bits per heavy atom. The first-order chi connectivity index (χ1) is 35.4. The third-order valence-corrected chi connectivity index (χ3v) is 15.5. The van der Waals surface area contributed by atoms with Crippen molar-refractivity contribution >= 4 is 22.7 Å². The summed E-state index contributed by atoms with van der Waals surface area (Å²) in [6.07, 6.45) is 1.77. The fourth-order valence-corrected chi connectivity index (χ4v) is 11.1. The van der Waals surface area contributed by atoms with Gasteiger partial charge in [0.1, 0.15) is 11.5 Å². The predicted octanol–water partition coefficient (Wildman–Crippen LogP) is 20.3. The molecule has 0 aliphatic heterocycles. The maximum atomic E-state index is 11.9. The molecule has 0 amide bonds. The molecule has 6 aromatic carbocycles. The standard InChI is InChI=1S/C54H66O4S2.2C7H7.Hf/c1-31(2)37-25-41(33(5)6)49(42(26-37)34(7)8)45-29-59-53(51(45)55)39-19-13-15-21-47(39)57-23-17-18-24-58-48-22-16-14-20-40(48)54-52(56)46(30-60-54)50-43(35(9)10)27-38(32(3)4)28-44(50)36(11)12;2*1-7-5-3-2-4-6-7;/h13-16,19-22,25-36,55-56H,17-18,23-24H2,1-12H3;2*2-6H,1H2;/q;2*-1;/p+2. The molecule has 0 fully saturated rings. The average Bonchev–Trinajstić information content (AvgIpc) is 3.95. The van der Waals surface area contributed by atoms with Crippen molar-refractivity contribution in [1.82, 2.24) is 0 Å². The Morgan fingerprint density at radius 2 is 0.693 bits per heavy atom. The van der Waals surface area contributed by atoms with Gasteiger partial charge in [-0.3, -0.25) is 0 Å². The van der Waals surface area contributed by atoms with Gasteiger partial charge >= 0.3 is 0 Å². The van der Waals surface area contributed by atoms with Gasteiger partial charge in [0.25, 0.3) is 11.5 Å². The van der Waals surface area contributed by atoms with Crippen molar-refractivity contribution in [2.45, 2.75) is 131 Å². The molecule has 0 unspecified atom stereocenters. The molecular formula is C68H82HfO4S2. The minimum Gasteiger partial charge on any atom is -0.582 e. The fraction of sp³-hybridized carbons (Fsp3) is 0.324. The topological polar surface area (TPSA) is 66.1 Å². The van der Waals surface area contributed by atoms with E-state index in [1.165, 1.54) is 44.5 Å². The zero-order valence-electron chi connectivity index (χ0n) is 46.7. The number of hydrogen-bond donors (Lipinski definition) is 2. The summed E-state index contributed by atoms with van der Waals surface area (Å²) >= 11 is 3.20. The van der Waals surface area contributed by atoms with E-state index in [2.05, 4.69) is 156 Å². The molecule has 2 heterocycles. The van der Waals surface area contributed by atoms with Gasteiger partial charge in [0.2, 0.25) is 0 Å². The van der Waals surface area contributed by atoms with Gasteiger partial charge in [-0.05, 0) is 92.1 Å². The first-order valence-corrected chi connectivity index (χ1v) is 28.4. The molecule has 75 heavy (non-hydrogen) atoms. The van der Waals surface area contributed by atoms with Gasteiger partial charge in [0, 0.05) is 72.7 Å². The van der Waals surface area contributed by atoms with Crippen molar-refractivity contribution in [3.63, 3.8) is 0 Å². The first kappa shape index (κ1) is 60.4. The van der Waals surface area contributed by atoms with Crippen LogP contribution in [-0.4, -0.2) is 32.9 Å². The summed E-state index contributed by atoms with van der Waals surface area (Å²) in [6.45, 7) is 35.8. The van der Waals surface area contributed by atoms with Gasteiger partial charge in [-0.2, -0.15) is 49.2 Å². The van der Waals surface area contributed by atoms with E-state index in [0.717, 1.165) is 67.5 Å². The van der Waals surface area contributed by atoms with Crippen molar-refractivity contribution in [3.8, 4) is 66.1 Å². The molecule has 0 bridgehead atoms. The number of ether oxygens (including phenoxy) is 2. The van der Waals surface area contributed by atoms with Gasteiger partial charge in [-0.25, -0.2) is 0 Å². The zero-order chi connectivity index (χ0) is 53.6. The van der Waals surface area contributed by atoms with Crippen LogP contribution in [0.2, 0.25) is 0 Å². The number of thiophene rings is 2. The maximum absolute atomic E-state index is 11.9. The predicted molar refractivity (Wildman–Crippen MR) is 322 cm³/mol. The van der Waals surface area contributed by atoms with Crippen LogP contribution in [0.15, 0.2) is 144 Å². The normalized spacial score (nSPS) is 11.2. The molecule has 394 valence electrons. The molecule has 0 atom stereocenters. The van der Waals surface area contributed by atoms with Crippen LogP contribution in [0.1, 0.15) is 176 Å². The second-order valence-electron chi connectivity index (χ2n) is 21.2. The summed E-state index contributed by atoms with van der Waals surface area (Å²) in [5.41, 5.74) is 16.1. The van der Waals surface area contributed by atoms with E-state index in [1.807, 2.05) is 84.9 Å².